The zero-order valence-corrected chi connectivity index (χ0v) is 14.0. The number of carbonyl (C=O) groups is 1. The number of methoxy groups -OCH3 is 1. The van der Waals surface area contributed by atoms with E-state index in [0.717, 1.165) is 16.2 Å². The van der Waals surface area contributed by atoms with E-state index in [0.29, 0.717) is 21.1 Å². The Labute approximate surface area is 144 Å². The summed E-state index contributed by atoms with van der Waals surface area (Å²) in [5.41, 5.74) is 0.393. The van der Waals surface area contributed by atoms with Crippen molar-refractivity contribution in [3.8, 4) is 5.75 Å². The molecule has 0 aliphatic rings. The number of thiophene rings is 1. The van der Waals surface area contributed by atoms with Gasteiger partial charge in [0.25, 0.3) is 5.69 Å². The molecule has 0 unspecified atom stereocenters. The van der Waals surface area contributed by atoms with E-state index < -0.39 is 4.92 Å². The minimum Gasteiger partial charge on any atom is -0.494 e. The fraction of sp³-hybridized carbons (Fsp3) is 0.0667. The van der Waals surface area contributed by atoms with E-state index in [1.807, 2.05) is 17.5 Å². The predicted octanol–water partition coefficient (Wildman–Crippen LogP) is 3.93. The SMILES string of the molecule is COc1cc([N+](=O)[O-])cc2sc(NC(=O)C=Cc3cccs3)nc12. The lowest BCUT2D eigenvalue weighted by atomic mass is 10.3. The van der Waals surface area contributed by atoms with Crippen molar-refractivity contribution in [3.05, 3.63) is 50.7 Å². The first kappa shape index (κ1) is 16.1. The molecule has 2 aromatic heterocycles. The molecule has 0 spiro atoms. The lowest BCUT2D eigenvalue weighted by Crippen LogP contribution is -2.07. The first-order chi connectivity index (χ1) is 11.6. The lowest BCUT2D eigenvalue weighted by Gasteiger charge is -1.99. The van der Waals surface area contributed by atoms with Gasteiger partial charge in [-0.15, -0.1) is 11.3 Å². The van der Waals surface area contributed by atoms with Crippen molar-refractivity contribution < 1.29 is 14.5 Å². The maximum Gasteiger partial charge on any atom is 0.274 e. The van der Waals surface area contributed by atoms with Crippen LogP contribution in [0.3, 0.4) is 0 Å². The van der Waals surface area contributed by atoms with E-state index in [2.05, 4.69) is 10.3 Å². The number of hydrogen-bond acceptors (Lipinski definition) is 7. The number of nitrogens with one attached hydrogen (secondary N) is 1. The van der Waals surface area contributed by atoms with E-state index >= 15 is 0 Å². The van der Waals surface area contributed by atoms with Gasteiger partial charge in [-0.3, -0.25) is 20.2 Å². The van der Waals surface area contributed by atoms with Gasteiger partial charge in [-0.1, -0.05) is 17.4 Å². The van der Waals surface area contributed by atoms with Crippen molar-refractivity contribution in [1.82, 2.24) is 4.98 Å². The molecule has 0 atom stereocenters. The van der Waals surface area contributed by atoms with Crippen LogP contribution in [0.4, 0.5) is 10.8 Å². The zero-order valence-electron chi connectivity index (χ0n) is 12.4. The third-order valence-corrected chi connectivity index (χ3v) is 4.80. The van der Waals surface area contributed by atoms with Gasteiger partial charge in [0.05, 0.1) is 22.8 Å². The number of carbonyl (C=O) groups excluding carboxylic acids is 1. The first-order valence-corrected chi connectivity index (χ1v) is 8.42. The Balaban J connectivity index is 1.85. The van der Waals surface area contributed by atoms with Crippen LogP contribution in [-0.2, 0) is 4.79 Å². The van der Waals surface area contributed by atoms with Gasteiger partial charge in [0.1, 0.15) is 5.52 Å². The molecular formula is C15H11N3O4S2. The number of amides is 1. The number of rotatable bonds is 5. The summed E-state index contributed by atoms with van der Waals surface area (Å²) in [6.45, 7) is 0. The number of benzene rings is 1. The summed E-state index contributed by atoms with van der Waals surface area (Å²) in [6.07, 6.45) is 3.12. The van der Waals surface area contributed by atoms with Crippen LogP contribution in [-0.4, -0.2) is 22.9 Å². The molecule has 0 aliphatic heterocycles. The molecule has 0 saturated carbocycles. The summed E-state index contributed by atoms with van der Waals surface area (Å²) >= 11 is 2.68. The van der Waals surface area contributed by atoms with Gasteiger partial charge in [0.2, 0.25) is 5.91 Å². The fourth-order valence-electron chi connectivity index (χ4n) is 1.99. The van der Waals surface area contributed by atoms with Crippen LogP contribution in [0.1, 0.15) is 4.88 Å². The smallest absolute Gasteiger partial charge is 0.274 e. The molecule has 0 fully saturated rings. The van der Waals surface area contributed by atoms with E-state index in [-0.39, 0.29) is 11.6 Å². The summed E-state index contributed by atoms with van der Waals surface area (Å²) in [6, 6.07) is 6.52. The van der Waals surface area contributed by atoms with Crippen molar-refractivity contribution >= 4 is 55.7 Å². The Morgan fingerprint density at radius 3 is 2.96 bits per heavy atom. The Morgan fingerprint density at radius 1 is 1.46 bits per heavy atom. The molecule has 24 heavy (non-hydrogen) atoms. The summed E-state index contributed by atoms with van der Waals surface area (Å²) in [5, 5.41) is 15.9. The van der Waals surface area contributed by atoms with Gasteiger partial charge >= 0.3 is 0 Å². The molecule has 0 bridgehead atoms. The number of nitro benzene ring substituents is 1. The second-order valence-corrected chi connectivity index (χ2v) is 6.62. The molecule has 1 amide bonds. The maximum atomic E-state index is 11.9. The topological polar surface area (TPSA) is 94.4 Å². The third kappa shape index (κ3) is 3.42. The van der Waals surface area contributed by atoms with Gasteiger partial charge in [0.15, 0.2) is 10.9 Å². The zero-order chi connectivity index (χ0) is 17.1. The molecule has 9 heteroatoms. The van der Waals surface area contributed by atoms with E-state index in [9.17, 15) is 14.9 Å². The first-order valence-electron chi connectivity index (χ1n) is 6.72. The van der Waals surface area contributed by atoms with Crippen LogP contribution in [0, 0.1) is 10.1 Å². The molecule has 122 valence electrons. The summed E-state index contributed by atoms with van der Waals surface area (Å²) in [5.74, 6) is -0.0269. The number of non-ortho nitro benzene ring substituents is 1. The predicted molar refractivity (Wildman–Crippen MR) is 94.8 cm³/mol. The second-order valence-electron chi connectivity index (χ2n) is 4.61. The van der Waals surface area contributed by atoms with Crippen molar-refractivity contribution in [2.75, 3.05) is 12.4 Å². The van der Waals surface area contributed by atoms with Crippen LogP contribution in [0.25, 0.3) is 16.3 Å². The van der Waals surface area contributed by atoms with Gasteiger partial charge in [-0.2, -0.15) is 0 Å². The number of aromatic nitrogens is 1. The molecule has 0 saturated heterocycles. The third-order valence-electron chi connectivity index (χ3n) is 3.05. The Hall–Kier alpha value is -2.78. The number of nitro groups is 1. The molecular weight excluding hydrogens is 350 g/mol. The molecule has 1 N–H and O–H groups in total. The highest BCUT2D eigenvalue weighted by Crippen LogP contribution is 2.36. The number of ether oxygens (including phenoxy) is 1. The Kier molecular flexibility index (Phi) is 4.54. The van der Waals surface area contributed by atoms with Gasteiger partial charge in [0, 0.05) is 17.0 Å². The van der Waals surface area contributed by atoms with Crippen LogP contribution < -0.4 is 10.1 Å². The molecule has 0 aliphatic carbocycles. The molecule has 2 heterocycles. The van der Waals surface area contributed by atoms with Crippen molar-refractivity contribution in [3.63, 3.8) is 0 Å². The number of anilines is 1. The highest BCUT2D eigenvalue weighted by Gasteiger charge is 2.16. The average Bonchev–Trinajstić information content (AvgIpc) is 3.20. The van der Waals surface area contributed by atoms with Gasteiger partial charge in [-0.05, 0) is 17.5 Å². The van der Waals surface area contributed by atoms with E-state index in [4.69, 9.17) is 4.74 Å². The summed E-state index contributed by atoms with van der Waals surface area (Å²) in [4.78, 5) is 27.6. The molecule has 3 rings (SSSR count). The van der Waals surface area contributed by atoms with Gasteiger partial charge < -0.3 is 4.74 Å². The minimum absolute atomic E-state index is 0.0848. The van der Waals surface area contributed by atoms with Crippen molar-refractivity contribution in [2.24, 2.45) is 0 Å². The van der Waals surface area contributed by atoms with E-state index in [1.54, 1.807) is 6.08 Å². The summed E-state index contributed by atoms with van der Waals surface area (Å²) in [7, 11) is 1.42. The molecule has 3 aromatic rings. The Morgan fingerprint density at radius 2 is 2.29 bits per heavy atom. The van der Waals surface area contributed by atoms with Crippen molar-refractivity contribution in [2.45, 2.75) is 0 Å². The van der Waals surface area contributed by atoms with Crippen LogP contribution in [0.5, 0.6) is 5.75 Å². The minimum atomic E-state index is -0.496. The quantitative estimate of drug-likeness (QED) is 0.422. The van der Waals surface area contributed by atoms with Crippen LogP contribution in [0.2, 0.25) is 0 Å². The number of fused-ring (bicyclic) bond motifs is 1. The number of hydrogen-bond donors (Lipinski definition) is 1. The monoisotopic (exact) mass is 361 g/mol. The normalized spacial score (nSPS) is 11.0. The van der Waals surface area contributed by atoms with Crippen molar-refractivity contribution in [1.29, 1.82) is 0 Å². The highest BCUT2D eigenvalue weighted by molar-refractivity contribution is 7.22. The largest absolute Gasteiger partial charge is 0.494 e. The maximum absolute atomic E-state index is 11.9. The Bertz CT molecular complexity index is 932. The average molecular weight is 361 g/mol. The van der Waals surface area contributed by atoms with Crippen LogP contribution in [0.15, 0.2) is 35.7 Å². The van der Waals surface area contributed by atoms with E-state index in [1.165, 1.54) is 36.7 Å². The summed E-state index contributed by atoms with van der Waals surface area (Å²) < 4.78 is 5.72. The standard InChI is InChI=1S/C15H11N3O4S2/c1-22-11-7-9(18(20)21)8-12-14(11)17-15(24-12)16-13(19)5-4-10-3-2-6-23-10/h2-8H,1H3,(H,16,17,19). The lowest BCUT2D eigenvalue weighted by molar-refractivity contribution is -0.384. The number of thiazole rings is 1. The molecule has 0 radical (unpaired) electrons. The highest BCUT2D eigenvalue weighted by atomic mass is 32.1. The molecule has 1 aromatic carbocycles. The number of nitrogens with zero attached hydrogens (tertiary/aromatic N) is 2. The fourth-order valence-corrected chi connectivity index (χ4v) is 3.53. The van der Waals surface area contributed by atoms with Crippen LogP contribution >= 0.6 is 22.7 Å². The van der Waals surface area contributed by atoms with Gasteiger partial charge in [-0.25, -0.2) is 4.98 Å². The molecule has 7 nitrogen and oxygen atoms in total. The second kappa shape index (κ2) is 6.77.